The minimum absolute atomic E-state index is 0.106. The second-order valence-electron chi connectivity index (χ2n) is 2.32. The van der Waals surface area contributed by atoms with Crippen molar-refractivity contribution < 1.29 is 4.79 Å². The Bertz CT molecular complexity index is 150. The first kappa shape index (κ1) is 5.70. The van der Waals surface area contributed by atoms with E-state index in [-0.39, 0.29) is 6.04 Å². The maximum atomic E-state index is 10.9. The Morgan fingerprint density at radius 1 is 1.67 bits per heavy atom. The summed E-state index contributed by atoms with van der Waals surface area (Å²) in [5.74, 6) is 1.04. The van der Waals surface area contributed by atoms with Crippen LogP contribution in [0.15, 0.2) is 0 Å². The Hall–Kier alpha value is -0.0600. The van der Waals surface area contributed by atoms with Crippen molar-refractivity contribution in [1.29, 1.82) is 0 Å². The first-order valence-corrected chi connectivity index (χ1v) is 4.05. The van der Waals surface area contributed by atoms with Crippen LogP contribution >= 0.6 is 11.8 Å². The fourth-order valence-corrected chi connectivity index (χ4v) is 2.37. The quantitative estimate of drug-likeness (QED) is 0.464. The van der Waals surface area contributed by atoms with Gasteiger partial charge in [0.15, 0.2) is 5.78 Å². The molecular weight excluding hydrogens is 136 g/mol. The van der Waals surface area contributed by atoms with Crippen molar-refractivity contribution in [3.63, 3.8) is 0 Å². The van der Waals surface area contributed by atoms with Crippen LogP contribution in [0.4, 0.5) is 0 Å². The second-order valence-corrected chi connectivity index (χ2v) is 3.55. The molecule has 0 spiro atoms. The first-order valence-electron chi connectivity index (χ1n) is 3.00. The molecule has 50 valence electrons. The van der Waals surface area contributed by atoms with Crippen LogP contribution in [-0.4, -0.2) is 29.4 Å². The number of carbonyl (C=O) groups excluding carboxylic acids is 1. The van der Waals surface area contributed by atoms with E-state index < -0.39 is 0 Å². The number of fused-ring (bicyclic) bond motifs is 1. The summed E-state index contributed by atoms with van der Waals surface area (Å²) in [5, 5.41) is 0.498. The predicted octanol–water partition coefficient (Wildman–Crippen LogP) is -0.853. The van der Waals surface area contributed by atoms with Crippen molar-refractivity contribution in [2.75, 3.05) is 12.3 Å². The number of hydrazine groups is 1. The van der Waals surface area contributed by atoms with E-state index in [1.165, 1.54) is 0 Å². The predicted molar refractivity (Wildman–Crippen MR) is 36.2 cm³/mol. The molecule has 4 heteroatoms. The molecular formula is C5H8N2OS. The van der Waals surface area contributed by atoms with Gasteiger partial charge < -0.3 is 0 Å². The van der Waals surface area contributed by atoms with E-state index in [2.05, 4.69) is 10.9 Å². The largest absolute Gasteiger partial charge is 0.297 e. The molecule has 0 aromatic rings. The van der Waals surface area contributed by atoms with Crippen LogP contribution in [0.3, 0.4) is 0 Å². The van der Waals surface area contributed by atoms with Gasteiger partial charge in [-0.2, -0.15) is 0 Å². The van der Waals surface area contributed by atoms with Crippen molar-refractivity contribution in [2.24, 2.45) is 0 Å². The van der Waals surface area contributed by atoms with Gasteiger partial charge in [0.25, 0.3) is 0 Å². The fourth-order valence-electron chi connectivity index (χ4n) is 1.20. The average Bonchev–Trinajstić information content (AvgIpc) is 2.35. The first-order chi connectivity index (χ1) is 4.38. The topological polar surface area (TPSA) is 41.1 Å². The summed E-state index contributed by atoms with van der Waals surface area (Å²) in [6.45, 7) is 0.932. The van der Waals surface area contributed by atoms with Gasteiger partial charge in [0.1, 0.15) is 0 Å². The Morgan fingerprint density at radius 3 is 3.33 bits per heavy atom. The van der Waals surface area contributed by atoms with Crippen LogP contribution in [0, 0.1) is 0 Å². The Morgan fingerprint density at radius 2 is 2.56 bits per heavy atom. The van der Waals surface area contributed by atoms with E-state index in [1.54, 1.807) is 11.8 Å². The molecule has 0 bridgehead atoms. The highest BCUT2D eigenvalue weighted by molar-refractivity contribution is 8.01. The Kier molecular flexibility index (Phi) is 1.25. The van der Waals surface area contributed by atoms with Crippen LogP contribution < -0.4 is 10.9 Å². The van der Waals surface area contributed by atoms with Gasteiger partial charge in [-0.15, -0.1) is 11.8 Å². The number of hydrogen-bond donors (Lipinski definition) is 2. The van der Waals surface area contributed by atoms with Gasteiger partial charge in [-0.05, 0) is 0 Å². The van der Waals surface area contributed by atoms with Crippen LogP contribution in [0.2, 0.25) is 0 Å². The molecule has 2 rings (SSSR count). The molecule has 2 fully saturated rings. The van der Waals surface area contributed by atoms with Gasteiger partial charge in [0.2, 0.25) is 0 Å². The third kappa shape index (κ3) is 0.781. The van der Waals surface area contributed by atoms with Gasteiger partial charge in [0.05, 0.1) is 11.8 Å². The van der Waals surface area contributed by atoms with Gasteiger partial charge in [-0.3, -0.25) is 10.2 Å². The normalized spacial score (nSPS) is 41.6. The third-order valence-electron chi connectivity index (χ3n) is 1.72. The fraction of sp³-hybridized carbons (Fsp3) is 0.800. The van der Waals surface area contributed by atoms with Crippen molar-refractivity contribution >= 4 is 17.5 Å². The molecule has 0 aromatic carbocycles. The molecule has 2 N–H and O–H groups in total. The molecule has 2 atom stereocenters. The SMILES string of the molecule is O=C1CSC2CNNC12. The minimum Gasteiger partial charge on any atom is -0.297 e. The van der Waals surface area contributed by atoms with Crippen molar-refractivity contribution in [3.8, 4) is 0 Å². The third-order valence-corrected chi connectivity index (χ3v) is 3.04. The van der Waals surface area contributed by atoms with Crippen LogP contribution in [0.5, 0.6) is 0 Å². The summed E-state index contributed by atoms with van der Waals surface area (Å²) in [5.41, 5.74) is 5.91. The number of nitrogens with one attached hydrogen (secondary N) is 2. The molecule has 2 heterocycles. The summed E-state index contributed by atoms with van der Waals surface area (Å²) >= 11 is 1.75. The maximum Gasteiger partial charge on any atom is 0.162 e. The molecule has 0 aliphatic carbocycles. The summed E-state index contributed by atoms with van der Waals surface area (Å²) in [6, 6.07) is 0.106. The number of ketones is 1. The van der Waals surface area contributed by atoms with Crippen molar-refractivity contribution in [3.05, 3.63) is 0 Å². The number of hydrogen-bond acceptors (Lipinski definition) is 4. The molecule has 0 amide bonds. The second kappa shape index (κ2) is 1.97. The monoisotopic (exact) mass is 144 g/mol. The average molecular weight is 144 g/mol. The zero-order chi connectivity index (χ0) is 6.27. The van der Waals surface area contributed by atoms with Crippen molar-refractivity contribution in [2.45, 2.75) is 11.3 Å². The molecule has 0 radical (unpaired) electrons. The van der Waals surface area contributed by atoms with Gasteiger partial charge in [-0.1, -0.05) is 0 Å². The van der Waals surface area contributed by atoms with E-state index in [4.69, 9.17) is 0 Å². The highest BCUT2D eigenvalue weighted by atomic mass is 32.2. The lowest BCUT2D eigenvalue weighted by Crippen LogP contribution is -2.36. The molecule has 2 unspecified atom stereocenters. The minimum atomic E-state index is 0.106. The molecule has 2 aliphatic heterocycles. The molecule has 3 nitrogen and oxygen atoms in total. The zero-order valence-electron chi connectivity index (χ0n) is 4.89. The highest BCUT2D eigenvalue weighted by Gasteiger charge is 2.38. The number of Topliss-reactive ketones (excluding diaryl/α,β-unsaturated/α-hetero) is 1. The maximum absolute atomic E-state index is 10.9. The molecule has 2 aliphatic rings. The molecule has 2 saturated heterocycles. The Labute approximate surface area is 57.5 Å². The molecule has 9 heavy (non-hydrogen) atoms. The van der Waals surface area contributed by atoms with Gasteiger partial charge in [0, 0.05) is 11.8 Å². The summed E-state index contributed by atoms with van der Waals surface area (Å²) < 4.78 is 0. The van der Waals surface area contributed by atoms with E-state index >= 15 is 0 Å². The van der Waals surface area contributed by atoms with E-state index in [1.807, 2.05) is 0 Å². The number of rotatable bonds is 0. The summed E-state index contributed by atoms with van der Waals surface area (Å²) in [4.78, 5) is 10.9. The van der Waals surface area contributed by atoms with Crippen molar-refractivity contribution in [1.82, 2.24) is 10.9 Å². The van der Waals surface area contributed by atoms with Crippen LogP contribution in [0.25, 0.3) is 0 Å². The van der Waals surface area contributed by atoms with E-state index in [9.17, 15) is 4.79 Å². The van der Waals surface area contributed by atoms with Gasteiger partial charge in [-0.25, -0.2) is 5.43 Å². The zero-order valence-corrected chi connectivity index (χ0v) is 5.70. The standard InChI is InChI=1S/C5H8N2OS/c8-3-2-9-4-1-6-7-5(3)4/h4-7H,1-2H2. The van der Waals surface area contributed by atoms with Gasteiger partial charge >= 0.3 is 0 Å². The molecule has 0 aromatic heterocycles. The lowest BCUT2D eigenvalue weighted by molar-refractivity contribution is -0.117. The van der Waals surface area contributed by atoms with Crippen LogP contribution in [-0.2, 0) is 4.79 Å². The number of carbonyl (C=O) groups is 1. The summed E-state index contributed by atoms with van der Waals surface area (Å²) in [6.07, 6.45) is 0. The smallest absolute Gasteiger partial charge is 0.162 e. The lowest BCUT2D eigenvalue weighted by atomic mass is 10.2. The highest BCUT2D eigenvalue weighted by Crippen LogP contribution is 2.25. The van der Waals surface area contributed by atoms with Crippen LogP contribution in [0.1, 0.15) is 0 Å². The molecule has 0 saturated carbocycles. The Balaban J connectivity index is 2.15. The lowest BCUT2D eigenvalue weighted by Gasteiger charge is -2.01. The van der Waals surface area contributed by atoms with E-state index in [0.29, 0.717) is 16.8 Å². The summed E-state index contributed by atoms with van der Waals surface area (Å²) in [7, 11) is 0. The van der Waals surface area contributed by atoms with E-state index in [0.717, 1.165) is 6.54 Å². The number of thioether (sulfide) groups is 1.